The average molecular weight is 239 g/mol. The van der Waals surface area contributed by atoms with Crippen molar-refractivity contribution in [2.45, 2.75) is 26.7 Å². The molecule has 0 atom stereocenters. The third kappa shape index (κ3) is 1.60. The van der Waals surface area contributed by atoms with Crippen LogP contribution in [-0.4, -0.2) is 12.1 Å². The predicted octanol–water partition coefficient (Wildman–Crippen LogP) is 3.47. The molecule has 0 aliphatic heterocycles. The number of hydrogen-bond donors (Lipinski definition) is 0. The fourth-order valence-electron chi connectivity index (χ4n) is 2.88. The summed E-state index contributed by atoms with van der Waals surface area (Å²) in [6.45, 7) is 4.42. The molecule has 2 nitrogen and oxygen atoms in total. The first-order valence-electron chi connectivity index (χ1n) is 6.33. The maximum Gasteiger partial charge on any atom is 0.213 e. The number of nitrogens with zero attached hydrogens (tertiary/aromatic N) is 1. The van der Waals surface area contributed by atoms with Crippen LogP contribution in [0.4, 0.5) is 0 Å². The molecule has 0 saturated heterocycles. The summed E-state index contributed by atoms with van der Waals surface area (Å²) in [5.41, 5.74) is 8.37. The van der Waals surface area contributed by atoms with E-state index in [2.05, 4.69) is 31.0 Å². The molecule has 1 aromatic carbocycles. The molecule has 1 aromatic heterocycles. The molecule has 1 heterocycles. The van der Waals surface area contributed by atoms with Crippen molar-refractivity contribution in [3.63, 3.8) is 0 Å². The summed E-state index contributed by atoms with van der Waals surface area (Å²) in [5.74, 6) is 0.675. The number of pyridine rings is 1. The van der Waals surface area contributed by atoms with Gasteiger partial charge in [-0.05, 0) is 66.1 Å². The smallest absolute Gasteiger partial charge is 0.213 e. The van der Waals surface area contributed by atoms with Crippen molar-refractivity contribution in [1.82, 2.24) is 4.98 Å². The zero-order valence-electron chi connectivity index (χ0n) is 11.1. The minimum Gasteiger partial charge on any atom is -0.481 e. The van der Waals surface area contributed by atoms with Crippen LogP contribution in [0.15, 0.2) is 24.4 Å². The minimum atomic E-state index is 0.675. The van der Waals surface area contributed by atoms with Gasteiger partial charge in [0.15, 0.2) is 0 Å². The molecule has 0 amide bonds. The topological polar surface area (TPSA) is 22.1 Å². The number of hydrogen-bond acceptors (Lipinski definition) is 2. The van der Waals surface area contributed by atoms with E-state index in [4.69, 9.17) is 4.74 Å². The quantitative estimate of drug-likeness (QED) is 0.800. The average Bonchev–Trinajstić information content (AvgIpc) is 2.34. The highest BCUT2D eigenvalue weighted by molar-refractivity contribution is 5.74. The molecule has 18 heavy (non-hydrogen) atoms. The number of aryl methyl sites for hydroxylation is 2. The van der Waals surface area contributed by atoms with E-state index >= 15 is 0 Å². The van der Waals surface area contributed by atoms with Crippen molar-refractivity contribution in [3.05, 3.63) is 46.6 Å². The first-order chi connectivity index (χ1) is 8.70. The van der Waals surface area contributed by atoms with Gasteiger partial charge < -0.3 is 4.74 Å². The van der Waals surface area contributed by atoms with Gasteiger partial charge in [-0.15, -0.1) is 0 Å². The van der Waals surface area contributed by atoms with Crippen molar-refractivity contribution in [2.75, 3.05) is 7.11 Å². The Kier molecular flexibility index (Phi) is 2.58. The molecule has 1 aliphatic carbocycles. The monoisotopic (exact) mass is 239 g/mol. The molecular weight excluding hydrogens is 222 g/mol. The Labute approximate surface area is 108 Å². The lowest BCUT2D eigenvalue weighted by molar-refractivity contribution is 0.398. The number of aromatic nitrogens is 1. The maximum atomic E-state index is 5.21. The van der Waals surface area contributed by atoms with Gasteiger partial charge >= 0.3 is 0 Å². The first kappa shape index (κ1) is 11.3. The van der Waals surface area contributed by atoms with Crippen LogP contribution in [0, 0.1) is 13.8 Å². The van der Waals surface area contributed by atoms with Crippen molar-refractivity contribution in [3.8, 4) is 17.0 Å². The first-order valence-corrected chi connectivity index (χ1v) is 6.33. The van der Waals surface area contributed by atoms with Crippen LogP contribution in [0.3, 0.4) is 0 Å². The molecule has 0 saturated carbocycles. The highest BCUT2D eigenvalue weighted by Crippen LogP contribution is 2.37. The second kappa shape index (κ2) is 4.13. The molecule has 92 valence electrons. The summed E-state index contributed by atoms with van der Waals surface area (Å²) in [4.78, 5) is 4.17. The molecule has 2 aromatic rings. The normalized spacial score (nSPS) is 12.8. The van der Waals surface area contributed by atoms with E-state index in [1.165, 1.54) is 46.2 Å². The standard InChI is InChI=1S/C16H17NO/c1-10-8-12-4-5-14(12)11(2)16(10)13-6-7-17-15(9-13)18-3/h6-9H,4-5H2,1-3H3. The molecule has 2 heteroatoms. The van der Waals surface area contributed by atoms with E-state index in [9.17, 15) is 0 Å². The number of methoxy groups -OCH3 is 1. The Morgan fingerprint density at radius 2 is 2.00 bits per heavy atom. The van der Waals surface area contributed by atoms with Crippen molar-refractivity contribution < 1.29 is 4.74 Å². The van der Waals surface area contributed by atoms with Gasteiger partial charge in [0, 0.05) is 12.3 Å². The molecule has 0 fully saturated rings. The summed E-state index contributed by atoms with van der Waals surface area (Å²) < 4.78 is 5.21. The SMILES string of the molecule is COc1cc(-c2c(C)cc3c(c2C)CC3)ccn1. The van der Waals surface area contributed by atoms with Gasteiger partial charge in [-0.1, -0.05) is 6.07 Å². The second-order valence-electron chi connectivity index (χ2n) is 4.92. The number of ether oxygens (including phenoxy) is 1. The molecule has 0 unspecified atom stereocenters. The number of rotatable bonds is 2. The van der Waals surface area contributed by atoms with Gasteiger partial charge in [0.25, 0.3) is 0 Å². The lowest BCUT2D eigenvalue weighted by Crippen LogP contribution is -2.12. The van der Waals surface area contributed by atoms with Crippen molar-refractivity contribution in [2.24, 2.45) is 0 Å². The molecule has 1 aliphatic rings. The van der Waals surface area contributed by atoms with Crippen LogP contribution in [0.1, 0.15) is 22.3 Å². The number of benzene rings is 1. The Hall–Kier alpha value is -1.83. The lowest BCUT2D eigenvalue weighted by atomic mass is 9.79. The molecule has 0 N–H and O–H groups in total. The molecule has 0 radical (unpaired) electrons. The lowest BCUT2D eigenvalue weighted by Gasteiger charge is -2.25. The zero-order chi connectivity index (χ0) is 12.7. The van der Waals surface area contributed by atoms with E-state index in [1.807, 2.05) is 12.3 Å². The van der Waals surface area contributed by atoms with Gasteiger partial charge in [-0.25, -0.2) is 4.98 Å². The Balaban J connectivity index is 2.19. The van der Waals surface area contributed by atoms with E-state index in [-0.39, 0.29) is 0 Å². The maximum absolute atomic E-state index is 5.21. The van der Waals surface area contributed by atoms with Gasteiger partial charge in [-0.2, -0.15) is 0 Å². The van der Waals surface area contributed by atoms with Gasteiger partial charge in [-0.3, -0.25) is 0 Å². The molecule has 3 rings (SSSR count). The minimum absolute atomic E-state index is 0.675. The van der Waals surface area contributed by atoms with Crippen LogP contribution in [0.25, 0.3) is 11.1 Å². The third-order valence-corrected chi connectivity index (χ3v) is 3.88. The van der Waals surface area contributed by atoms with Gasteiger partial charge in [0.2, 0.25) is 5.88 Å². The Morgan fingerprint density at radius 1 is 1.17 bits per heavy atom. The third-order valence-electron chi connectivity index (χ3n) is 3.88. The zero-order valence-corrected chi connectivity index (χ0v) is 11.1. The van der Waals surface area contributed by atoms with E-state index in [0.29, 0.717) is 5.88 Å². The Bertz CT molecular complexity index is 617. The van der Waals surface area contributed by atoms with Crippen LogP contribution >= 0.6 is 0 Å². The van der Waals surface area contributed by atoms with Gasteiger partial charge in [0.05, 0.1) is 7.11 Å². The highest BCUT2D eigenvalue weighted by Gasteiger charge is 2.20. The fourth-order valence-corrected chi connectivity index (χ4v) is 2.88. The van der Waals surface area contributed by atoms with Crippen LogP contribution in [-0.2, 0) is 12.8 Å². The summed E-state index contributed by atoms with van der Waals surface area (Å²) >= 11 is 0. The summed E-state index contributed by atoms with van der Waals surface area (Å²) in [6.07, 6.45) is 4.26. The van der Waals surface area contributed by atoms with E-state index < -0.39 is 0 Å². The fraction of sp³-hybridized carbons (Fsp3) is 0.312. The molecule has 0 bridgehead atoms. The number of fused-ring (bicyclic) bond motifs is 1. The molecule has 0 spiro atoms. The van der Waals surface area contributed by atoms with E-state index in [0.717, 1.165) is 0 Å². The van der Waals surface area contributed by atoms with Crippen molar-refractivity contribution in [1.29, 1.82) is 0 Å². The second-order valence-corrected chi connectivity index (χ2v) is 4.92. The summed E-state index contributed by atoms with van der Waals surface area (Å²) in [5, 5.41) is 0. The molecular formula is C16H17NO. The van der Waals surface area contributed by atoms with Crippen LogP contribution in [0.5, 0.6) is 5.88 Å². The Morgan fingerprint density at radius 3 is 2.67 bits per heavy atom. The van der Waals surface area contributed by atoms with Crippen molar-refractivity contribution >= 4 is 0 Å². The largest absolute Gasteiger partial charge is 0.481 e. The summed E-state index contributed by atoms with van der Waals surface area (Å²) in [7, 11) is 1.66. The van der Waals surface area contributed by atoms with E-state index in [1.54, 1.807) is 7.11 Å². The predicted molar refractivity (Wildman–Crippen MR) is 73.1 cm³/mol. The highest BCUT2D eigenvalue weighted by atomic mass is 16.5. The van der Waals surface area contributed by atoms with Crippen LogP contribution < -0.4 is 4.74 Å². The van der Waals surface area contributed by atoms with Gasteiger partial charge in [0.1, 0.15) is 0 Å². The summed E-state index contributed by atoms with van der Waals surface area (Å²) in [6, 6.07) is 6.40. The van der Waals surface area contributed by atoms with Crippen LogP contribution in [0.2, 0.25) is 0 Å².